The van der Waals surface area contributed by atoms with E-state index in [2.05, 4.69) is 22.1 Å². The second-order valence-corrected chi connectivity index (χ2v) is 4.83. The molecule has 1 heterocycles. The third-order valence-electron chi connectivity index (χ3n) is 2.68. The van der Waals surface area contributed by atoms with Crippen molar-refractivity contribution in [1.29, 1.82) is 0 Å². The Bertz CT molecular complexity index is 712. The summed E-state index contributed by atoms with van der Waals surface area (Å²) in [5.74, 6) is 0. The highest BCUT2D eigenvalue weighted by Gasteiger charge is 2.08. The van der Waals surface area contributed by atoms with Gasteiger partial charge in [0.1, 0.15) is 5.03 Å². The third-order valence-corrected chi connectivity index (χ3v) is 3.73. The van der Waals surface area contributed by atoms with Gasteiger partial charge in [-0.15, -0.1) is 11.8 Å². The number of thioether (sulfide) groups is 1. The number of nitrogens with zero attached hydrogens (tertiary/aromatic N) is 2. The first kappa shape index (κ1) is 10.8. The maximum Gasteiger partial charge on any atom is 0.161 e. The Labute approximate surface area is 108 Å². The average Bonchev–Trinajstić information content (AvgIpc) is 2.37. The highest BCUT2D eigenvalue weighted by atomic mass is 35.5. The normalized spacial score (nSPS) is 11.2. The molecule has 1 aromatic heterocycles. The van der Waals surface area contributed by atoms with E-state index in [1.807, 2.05) is 30.5 Å². The van der Waals surface area contributed by atoms with Crippen LogP contribution in [0.2, 0.25) is 5.15 Å². The summed E-state index contributed by atoms with van der Waals surface area (Å²) in [7, 11) is 0. The van der Waals surface area contributed by atoms with Gasteiger partial charge >= 0.3 is 0 Å². The molecule has 0 radical (unpaired) electrons. The Morgan fingerprint density at radius 2 is 1.88 bits per heavy atom. The van der Waals surface area contributed by atoms with Crippen LogP contribution in [0.3, 0.4) is 0 Å². The highest BCUT2D eigenvalue weighted by Crippen LogP contribution is 2.28. The van der Waals surface area contributed by atoms with Crippen molar-refractivity contribution in [2.24, 2.45) is 0 Å². The number of benzene rings is 2. The minimum atomic E-state index is 0.472. The van der Waals surface area contributed by atoms with Crippen molar-refractivity contribution in [1.82, 2.24) is 9.97 Å². The first-order chi connectivity index (χ1) is 8.29. The van der Waals surface area contributed by atoms with Gasteiger partial charge in [-0.1, -0.05) is 41.9 Å². The topological polar surface area (TPSA) is 25.8 Å². The van der Waals surface area contributed by atoms with E-state index in [1.165, 1.54) is 17.1 Å². The van der Waals surface area contributed by atoms with Crippen LogP contribution in [0.25, 0.3) is 21.8 Å². The summed E-state index contributed by atoms with van der Waals surface area (Å²) < 4.78 is 0. The molecule has 0 atom stereocenters. The van der Waals surface area contributed by atoms with Crippen molar-refractivity contribution < 1.29 is 0 Å². The number of aromatic nitrogens is 2. The van der Waals surface area contributed by atoms with Gasteiger partial charge in [-0.25, -0.2) is 9.97 Å². The molecule has 0 bridgehead atoms. The van der Waals surface area contributed by atoms with E-state index in [9.17, 15) is 0 Å². The Hall–Kier alpha value is -1.32. The largest absolute Gasteiger partial charge is 0.236 e. The second kappa shape index (κ2) is 4.17. The van der Waals surface area contributed by atoms with Crippen LogP contribution in [0.1, 0.15) is 0 Å². The molecular weight excluding hydrogens is 252 g/mol. The van der Waals surface area contributed by atoms with Crippen LogP contribution in [0.15, 0.2) is 41.4 Å². The van der Waals surface area contributed by atoms with Crippen LogP contribution < -0.4 is 0 Å². The summed E-state index contributed by atoms with van der Waals surface area (Å²) in [6.45, 7) is 0. The number of halogens is 1. The molecule has 0 saturated heterocycles. The number of hydrogen-bond donors (Lipinski definition) is 0. The van der Waals surface area contributed by atoms with Crippen molar-refractivity contribution in [3.63, 3.8) is 0 Å². The molecule has 17 heavy (non-hydrogen) atoms. The predicted octanol–water partition coefficient (Wildman–Crippen LogP) is 4.16. The fourth-order valence-corrected chi connectivity index (χ4v) is 2.64. The van der Waals surface area contributed by atoms with Crippen molar-refractivity contribution in [3.8, 4) is 0 Å². The van der Waals surface area contributed by atoms with E-state index in [1.54, 1.807) is 0 Å². The molecule has 4 heteroatoms. The molecule has 2 nitrogen and oxygen atoms in total. The van der Waals surface area contributed by atoms with Gasteiger partial charge in [-0.3, -0.25) is 0 Å². The van der Waals surface area contributed by atoms with Crippen molar-refractivity contribution in [2.75, 3.05) is 6.26 Å². The Morgan fingerprint density at radius 1 is 1.06 bits per heavy atom. The zero-order chi connectivity index (χ0) is 11.8. The molecule has 3 aromatic rings. The van der Waals surface area contributed by atoms with E-state index in [-0.39, 0.29) is 0 Å². The first-order valence-electron chi connectivity index (χ1n) is 5.18. The monoisotopic (exact) mass is 260 g/mol. The maximum atomic E-state index is 6.06. The third kappa shape index (κ3) is 1.75. The van der Waals surface area contributed by atoms with Crippen LogP contribution in [0, 0.1) is 0 Å². The van der Waals surface area contributed by atoms with Gasteiger partial charge in [0.25, 0.3) is 0 Å². The number of rotatable bonds is 1. The molecular formula is C13H9ClN2S. The average molecular weight is 261 g/mol. The number of hydrogen-bond acceptors (Lipinski definition) is 3. The van der Waals surface area contributed by atoms with Gasteiger partial charge in [0, 0.05) is 5.39 Å². The van der Waals surface area contributed by atoms with E-state index in [4.69, 9.17) is 11.6 Å². The summed E-state index contributed by atoms with van der Waals surface area (Å²) in [6.07, 6.45) is 1.95. The SMILES string of the molecule is CSc1nc2c(ccc3ccccc32)nc1Cl. The smallest absolute Gasteiger partial charge is 0.161 e. The molecule has 0 aliphatic heterocycles. The summed E-state index contributed by atoms with van der Waals surface area (Å²) in [6, 6.07) is 12.2. The molecule has 0 N–H and O–H groups in total. The van der Waals surface area contributed by atoms with Gasteiger partial charge in [-0.05, 0) is 17.7 Å². The molecule has 0 saturated carbocycles. The van der Waals surface area contributed by atoms with Crippen molar-refractivity contribution in [2.45, 2.75) is 5.03 Å². The minimum absolute atomic E-state index is 0.472. The molecule has 3 rings (SSSR count). The molecule has 84 valence electrons. The molecule has 0 aliphatic carbocycles. The highest BCUT2D eigenvalue weighted by molar-refractivity contribution is 7.98. The number of fused-ring (bicyclic) bond motifs is 3. The van der Waals surface area contributed by atoms with Crippen LogP contribution in [-0.2, 0) is 0 Å². The maximum absolute atomic E-state index is 6.06. The zero-order valence-corrected chi connectivity index (χ0v) is 10.7. The quantitative estimate of drug-likeness (QED) is 0.485. The Kier molecular flexibility index (Phi) is 2.65. The fraction of sp³-hybridized carbons (Fsp3) is 0.0769. The second-order valence-electron chi connectivity index (χ2n) is 3.68. The van der Waals surface area contributed by atoms with Gasteiger partial charge < -0.3 is 0 Å². The lowest BCUT2D eigenvalue weighted by Gasteiger charge is -2.05. The molecule has 0 spiro atoms. The van der Waals surface area contributed by atoms with Crippen LogP contribution in [0.5, 0.6) is 0 Å². The molecule has 0 unspecified atom stereocenters. The van der Waals surface area contributed by atoms with E-state index in [0.717, 1.165) is 21.4 Å². The van der Waals surface area contributed by atoms with Gasteiger partial charge in [0.05, 0.1) is 11.0 Å². The summed E-state index contributed by atoms with van der Waals surface area (Å²) in [5.41, 5.74) is 1.75. The lowest BCUT2D eigenvalue weighted by atomic mass is 10.1. The Morgan fingerprint density at radius 3 is 2.71 bits per heavy atom. The molecule has 0 fully saturated rings. The van der Waals surface area contributed by atoms with Crippen LogP contribution in [0.4, 0.5) is 0 Å². The minimum Gasteiger partial charge on any atom is -0.236 e. The molecule has 2 aromatic carbocycles. The predicted molar refractivity (Wildman–Crippen MR) is 73.8 cm³/mol. The summed E-state index contributed by atoms with van der Waals surface area (Å²) in [5, 5.41) is 3.53. The Balaban J connectivity index is 2.48. The van der Waals surface area contributed by atoms with Crippen LogP contribution in [-0.4, -0.2) is 16.2 Å². The summed E-state index contributed by atoms with van der Waals surface area (Å²) in [4.78, 5) is 8.97. The van der Waals surface area contributed by atoms with E-state index < -0.39 is 0 Å². The molecule has 0 aliphatic rings. The van der Waals surface area contributed by atoms with Gasteiger partial charge in [-0.2, -0.15) is 0 Å². The first-order valence-corrected chi connectivity index (χ1v) is 6.79. The van der Waals surface area contributed by atoms with E-state index in [0.29, 0.717) is 5.15 Å². The van der Waals surface area contributed by atoms with Crippen LogP contribution >= 0.6 is 23.4 Å². The lowest BCUT2D eigenvalue weighted by Crippen LogP contribution is -1.90. The lowest BCUT2D eigenvalue weighted by molar-refractivity contribution is 1.13. The van der Waals surface area contributed by atoms with E-state index >= 15 is 0 Å². The fourth-order valence-electron chi connectivity index (χ4n) is 1.88. The molecule has 0 amide bonds. The van der Waals surface area contributed by atoms with Crippen molar-refractivity contribution in [3.05, 3.63) is 41.6 Å². The summed E-state index contributed by atoms with van der Waals surface area (Å²) >= 11 is 7.57. The van der Waals surface area contributed by atoms with Gasteiger partial charge in [0.2, 0.25) is 0 Å². The standard InChI is InChI=1S/C13H9ClN2S/c1-17-13-12(14)15-10-7-6-8-4-2-3-5-9(8)11(10)16-13/h2-7H,1H3. The zero-order valence-electron chi connectivity index (χ0n) is 9.14. The van der Waals surface area contributed by atoms with Gasteiger partial charge in [0.15, 0.2) is 5.15 Å². The van der Waals surface area contributed by atoms with Crippen molar-refractivity contribution >= 4 is 45.2 Å².